The van der Waals surface area contributed by atoms with Gasteiger partial charge in [-0.05, 0) is 6.42 Å². The van der Waals surface area contributed by atoms with E-state index in [0.717, 1.165) is 6.42 Å². The van der Waals surface area contributed by atoms with E-state index in [0.29, 0.717) is 6.61 Å². The minimum absolute atomic E-state index is 0.0153. The molecule has 1 heterocycles. The summed E-state index contributed by atoms with van der Waals surface area (Å²) < 4.78 is 4.66. The molecule has 2 nitrogen and oxygen atoms in total. The quantitative estimate of drug-likeness (QED) is 0.450. The Bertz CT molecular complexity index is 132. The molecule has 1 fully saturated rings. The van der Waals surface area contributed by atoms with Crippen molar-refractivity contribution in [3.8, 4) is 0 Å². The SMILES string of the molecule is CCCCCCC1COC1=O. The lowest BCUT2D eigenvalue weighted by molar-refractivity contribution is -0.169. The van der Waals surface area contributed by atoms with Crippen molar-refractivity contribution in [2.75, 3.05) is 6.61 Å². The predicted octanol–water partition coefficient (Wildman–Crippen LogP) is 2.13. The molecule has 0 aromatic rings. The standard InChI is InChI=1S/C9H16O2/c1-2-3-4-5-6-8-7-11-9(8)10/h8H,2-7H2,1H3. The first-order valence-electron chi connectivity index (χ1n) is 4.51. The summed E-state index contributed by atoms with van der Waals surface area (Å²) in [6, 6.07) is 0. The highest BCUT2D eigenvalue weighted by Gasteiger charge is 2.29. The van der Waals surface area contributed by atoms with Crippen LogP contribution >= 0.6 is 0 Å². The van der Waals surface area contributed by atoms with Gasteiger partial charge in [-0.25, -0.2) is 0 Å². The fourth-order valence-corrected chi connectivity index (χ4v) is 1.29. The average molecular weight is 156 g/mol. The van der Waals surface area contributed by atoms with Gasteiger partial charge in [0.1, 0.15) is 6.61 Å². The third-order valence-electron chi connectivity index (χ3n) is 2.17. The zero-order valence-electron chi connectivity index (χ0n) is 7.14. The number of hydrogen-bond donors (Lipinski definition) is 0. The minimum atomic E-state index is 0.0153. The van der Waals surface area contributed by atoms with Crippen LogP contribution in [0, 0.1) is 5.92 Å². The van der Waals surface area contributed by atoms with Gasteiger partial charge in [0.05, 0.1) is 5.92 Å². The molecular weight excluding hydrogens is 140 g/mol. The lowest BCUT2D eigenvalue weighted by atomic mass is 9.99. The number of ether oxygens (including phenoxy) is 1. The van der Waals surface area contributed by atoms with E-state index < -0.39 is 0 Å². The highest BCUT2D eigenvalue weighted by molar-refractivity contribution is 5.77. The predicted molar refractivity (Wildman–Crippen MR) is 43.2 cm³/mol. The first kappa shape index (κ1) is 8.57. The van der Waals surface area contributed by atoms with Crippen molar-refractivity contribution >= 4 is 5.97 Å². The van der Waals surface area contributed by atoms with Crippen molar-refractivity contribution in [2.24, 2.45) is 5.92 Å². The Balaban J connectivity index is 1.91. The third-order valence-corrected chi connectivity index (χ3v) is 2.17. The summed E-state index contributed by atoms with van der Waals surface area (Å²) in [4.78, 5) is 10.7. The van der Waals surface area contributed by atoms with Crippen LogP contribution in [0.5, 0.6) is 0 Å². The normalized spacial score (nSPS) is 22.6. The first-order valence-corrected chi connectivity index (χ1v) is 4.51. The highest BCUT2D eigenvalue weighted by atomic mass is 16.6. The summed E-state index contributed by atoms with van der Waals surface area (Å²) in [5.41, 5.74) is 0. The Labute approximate surface area is 67.9 Å². The molecule has 1 saturated heterocycles. The van der Waals surface area contributed by atoms with Gasteiger partial charge in [0.2, 0.25) is 0 Å². The number of esters is 1. The van der Waals surface area contributed by atoms with E-state index in [-0.39, 0.29) is 11.9 Å². The monoisotopic (exact) mass is 156 g/mol. The first-order chi connectivity index (χ1) is 5.34. The van der Waals surface area contributed by atoms with Gasteiger partial charge >= 0.3 is 5.97 Å². The molecule has 1 aliphatic rings. The number of carbonyl (C=O) groups excluding carboxylic acids is 1. The van der Waals surface area contributed by atoms with Crippen molar-refractivity contribution in [3.63, 3.8) is 0 Å². The molecule has 0 aromatic heterocycles. The summed E-state index contributed by atoms with van der Waals surface area (Å²) in [6.07, 6.45) is 6.05. The van der Waals surface area contributed by atoms with Gasteiger partial charge in [0.15, 0.2) is 0 Å². The van der Waals surface area contributed by atoms with E-state index in [1.165, 1.54) is 25.7 Å². The number of rotatable bonds is 5. The summed E-state index contributed by atoms with van der Waals surface area (Å²) >= 11 is 0. The molecule has 1 unspecified atom stereocenters. The van der Waals surface area contributed by atoms with Crippen LogP contribution in [0.15, 0.2) is 0 Å². The zero-order chi connectivity index (χ0) is 8.10. The second-order valence-electron chi connectivity index (χ2n) is 3.18. The Morgan fingerprint density at radius 1 is 1.45 bits per heavy atom. The topological polar surface area (TPSA) is 26.3 Å². The van der Waals surface area contributed by atoms with Gasteiger partial charge in [0.25, 0.3) is 0 Å². The third kappa shape index (κ3) is 2.52. The molecular formula is C9H16O2. The lowest BCUT2D eigenvalue weighted by Crippen LogP contribution is -2.34. The highest BCUT2D eigenvalue weighted by Crippen LogP contribution is 2.19. The van der Waals surface area contributed by atoms with E-state index in [9.17, 15) is 4.79 Å². The molecule has 0 N–H and O–H groups in total. The van der Waals surface area contributed by atoms with E-state index >= 15 is 0 Å². The molecule has 0 aromatic carbocycles. The maximum absolute atomic E-state index is 10.7. The molecule has 0 saturated carbocycles. The molecule has 2 heteroatoms. The van der Waals surface area contributed by atoms with Crippen LogP contribution < -0.4 is 0 Å². The molecule has 1 aliphatic heterocycles. The summed E-state index contributed by atoms with van der Waals surface area (Å²) in [5, 5.41) is 0. The Morgan fingerprint density at radius 2 is 2.27 bits per heavy atom. The van der Waals surface area contributed by atoms with Crippen LogP contribution in [0.25, 0.3) is 0 Å². The maximum Gasteiger partial charge on any atom is 0.312 e. The number of unbranched alkanes of at least 4 members (excludes halogenated alkanes) is 3. The smallest absolute Gasteiger partial charge is 0.312 e. The molecule has 0 spiro atoms. The van der Waals surface area contributed by atoms with Crippen LogP contribution in [0.4, 0.5) is 0 Å². The molecule has 1 atom stereocenters. The van der Waals surface area contributed by atoms with Crippen molar-refractivity contribution < 1.29 is 9.53 Å². The summed E-state index contributed by atoms with van der Waals surface area (Å²) in [5.74, 6) is 0.258. The van der Waals surface area contributed by atoms with Crippen LogP contribution in [0.2, 0.25) is 0 Å². The minimum Gasteiger partial charge on any atom is -0.464 e. The van der Waals surface area contributed by atoms with E-state index in [1.54, 1.807) is 0 Å². The Kier molecular flexibility index (Phi) is 3.40. The molecule has 64 valence electrons. The molecule has 0 amide bonds. The van der Waals surface area contributed by atoms with Crippen LogP contribution in [0.3, 0.4) is 0 Å². The van der Waals surface area contributed by atoms with Gasteiger partial charge in [-0.1, -0.05) is 32.6 Å². The average Bonchev–Trinajstić information content (AvgIpc) is 2.02. The Hall–Kier alpha value is -0.530. The van der Waals surface area contributed by atoms with Crippen molar-refractivity contribution in [3.05, 3.63) is 0 Å². The van der Waals surface area contributed by atoms with Gasteiger partial charge in [0, 0.05) is 0 Å². The Morgan fingerprint density at radius 3 is 2.73 bits per heavy atom. The second-order valence-corrected chi connectivity index (χ2v) is 3.18. The van der Waals surface area contributed by atoms with Gasteiger partial charge in [-0.15, -0.1) is 0 Å². The van der Waals surface area contributed by atoms with Gasteiger partial charge < -0.3 is 4.74 Å². The number of carbonyl (C=O) groups is 1. The molecule has 1 rings (SSSR count). The van der Waals surface area contributed by atoms with E-state index in [1.807, 2.05) is 0 Å². The second kappa shape index (κ2) is 4.37. The molecule has 0 aliphatic carbocycles. The fraction of sp³-hybridized carbons (Fsp3) is 0.889. The van der Waals surface area contributed by atoms with Crippen molar-refractivity contribution in [2.45, 2.75) is 39.0 Å². The molecule has 0 bridgehead atoms. The summed E-state index contributed by atoms with van der Waals surface area (Å²) in [7, 11) is 0. The lowest BCUT2D eigenvalue weighted by Gasteiger charge is -2.23. The zero-order valence-corrected chi connectivity index (χ0v) is 7.14. The molecule has 0 radical (unpaired) electrons. The maximum atomic E-state index is 10.7. The van der Waals surface area contributed by atoms with Gasteiger partial charge in [-0.2, -0.15) is 0 Å². The van der Waals surface area contributed by atoms with Gasteiger partial charge in [-0.3, -0.25) is 4.79 Å². The summed E-state index contributed by atoms with van der Waals surface area (Å²) in [6.45, 7) is 2.86. The van der Waals surface area contributed by atoms with Crippen molar-refractivity contribution in [1.29, 1.82) is 0 Å². The molecule has 11 heavy (non-hydrogen) atoms. The van der Waals surface area contributed by atoms with E-state index in [4.69, 9.17) is 0 Å². The fourth-order valence-electron chi connectivity index (χ4n) is 1.29. The van der Waals surface area contributed by atoms with Crippen LogP contribution in [-0.4, -0.2) is 12.6 Å². The van der Waals surface area contributed by atoms with Crippen molar-refractivity contribution in [1.82, 2.24) is 0 Å². The van der Waals surface area contributed by atoms with Crippen LogP contribution in [0.1, 0.15) is 39.0 Å². The number of hydrogen-bond acceptors (Lipinski definition) is 2. The van der Waals surface area contributed by atoms with E-state index in [2.05, 4.69) is 11.7 Å². The largest absolute Gasteiger partial charge is 0.464 e. The van der Waals surface area contributed by atoms with Crippen LogP contribution in [-0.2, 0) is 9.53 Å². The number of cyclic esters (lactones) is 1.